The Morgan fingerprint density at radius 2 is 2.00 bits per heavy atom. The fourth-order valence-corrected chi connectivity index (χ4v) is 2.58. The molecule has 1 aromatic carbocycles. The molecule has 0 atom stereocenters. The van der Waals surface area contributed by atoms with Gasteiger partial charge in [0.1, 0.15) is 0 Å². The molecule has 18 heavy (non-hydrogen) atoms. The SMILES string of the molecule is CCCN(CCO)C(=O)CSc1ccc(Br)cc1. The van der Waals surface area contributed by atoms with E-state index in [0.717, 1.165) is 15.8 Å². The van der Waals surface area contributed by atoms with Gasteiger partial charge in [-0.2, -0.15) is 0 Å². The van der Waals surface area contributed by atoms with Gasteiger partial charge in [0.2, 0.25) is 5.91 Å². The molecule has 0 saturated heterocycles. The number of halogens is 1. The maximum Gasteiger partial charge on any atom is 0.233 e. The summed E-state index contributed by atoms with van der Waals surface area (Å²) in [6.45, 7) is 3.18. The van der Waals surface area contributed by atoms with Crippen LogP contribution in [0.2, 0.25) is 0 Å². The van der Waals surface area contributed by atoms with Crippen molar-refractivity contribution in [3.8, 4) is 0 Å². The Morgan fingerprint density at radius 1 is 1.33 bits per heavy atom. The minimum Gasteiger partial charge on any atom is -0.395 e. The Morgan fingerprint density at radius 3 is 2.56 bits per heavy atom. The Kier molecular flexibility index (Phi) is 7.39. The fourth-order valence-electron chi connectivity index (χ4n) is 1.52. The molecule has 0 unspecified atom stereocenters. The molecule has 0 heterocycles. The predicted molar refractivity (Wildman–Crippen MR) is 78.8 cm³/mol. The molecule has 0 spiro atoms. The van der Waals surface area contributed by atoms with Crippen LogP contribution in [0.1, 0.15) is 13.3 Å². The number of hydrogen-bond donors (Lipinski definition) is 1. The molecule has 1 N–H and O–H groups in total. The van der Waals surface area contributed by atoms with Gasteiger partial charge in [-0.15, -0.1) is 11.8 Å². The highest BCUT2D eigenvalue weighted by Crippen LogP contribution is 2.20. The molecular formula is C13H18BrNO2S. The topological polar surface area (TPSA) is 40.5 Å². The van der Waals surface area contributed by atoms with E-state index < -0.39 is 0 Å². The van der Waals surface area contributed by atoms with Crippen molar-refractivity contribution in [1.82, 2.24) is 4.90 Å². The van der Waals surface area contributed by atoms with Crippen molar-refractivity contribution in [1.29, 1.82) is 0 Å². The maximum atomic E-state index is 11.9. The van der Waals surface area contributed by atoms with E-state index in [4.69, 9.17) is 5.11 Å². The molecule has 1 aromatic rings. The first kappa shape index (κ1) is 15.5. The van der Waals surface area contributed by atoms with Gasteiger partial charge in [0.25, 0.3) is 0 Å². The van der Waals surface area contributed by atoms with Gasteiger partial charge in [0.05, 0.1) is 12.4 Å². The lowest BCUT2D eigenvalue weighted by Gasteiger charge is -2.20. The molecule has 0 radical (unpaired) electrons. The third kappa shape index (κ3) is 5.42. The van der Waals surface area contributed by atoms with Crippen molar-refractivity contribution < 1.29 is 9.90 Å². The predicted octanol–water partition coefficient (Wildman–Crippen LogP) is 2.77. The summed E-state index contributed by atoms with van der Waals surface area (Å²) in [5, 5.41) is 8.92. The second kappa shape index (κ2) is 8.56. The van der Waals surface area contributed by atoms with Crippen molar-refractivity contribution in [2.24, 2.45) is 0 Å². The van der Waals surface area contributed by atoms with Gasteiger partial charge in [-0.05, 0) is 30.7 Å². The third-order valence-electron chi connectivity index (χ3n) is 2.39. The van der Waals surface area contributed by atoms with E-state index in [1.165, 1.54) is 11.8 Å². The largest absolute Gasteiger partial charge is 0.395 e. The molecule has 5 heteroatoms. The highest BCUT2D eigenvalue weighted by Gasteiger charge is 2.12. The summed E-state index contributed by atoms with van der Waals surface area (Å²) >= 11 is 4.90. The summed E-state index contributed by atoms with van der Waals surface area (Å²) in [7, 11) is 0. The number of nitrogens with zero attached hydrogens (tertiary/aromatic N) is 1. The van der Waals surface area contributed by atoms with E-state index in [0.29, 0.717) is 18.8 Å². The van der Waals surface area contributed by atoms with Crippen molar-refractivity contribution in [3.63, 3.8) is 0 Å². The van der Waals surface area contributed by atoms with E-state index in [-0.39, 0.29) is 12.5 Å². The number of aliphatic hydroxyl groups excluding tert-OH is 1. The molecule has 0 saturated carbocycles. The fraction of sp³-hybridized carbons (Fsp3) is 0.462. The minimum atomic E-state index is 0.0225. The van der Waals surface area contributed by atoms with Gasteiger partial charge >= 0.3 is 0 Å². The standard InChI is InChI=1S/C13H18BrNO2S/c1-2-7-15(8-9-16)13(17)10-18-12-5-3-11(14)4-6-12/h3-6,16H,2,7-10H2,1H3. The molecule has 1 rings (SSSR count). The number of carbonyl (C=O) groups is 1. The van der Waals surface area contributed by atoms with Gasteiger partial charge in [0, 0.05) is 22.5 Å². The lowest BCUT2D eigenvalue weighted by atomic mass is 10.4. The maximum absolute atomic E-state index is 11.9. The first-order chi connectivity index (χ1) is 8.67. The number of benzene rings is 1. The highest BCUT2D eigenvalue weighted by molar-refractivity contribution is 9.10. The van der Waals surface area contributed by atoms with Crippen molar-refractivity contribution >= 4 is 33.6 Å². The van der Waals surface area contributed by atoms with E-state index in [1.54, 1.807) is 4.90 Å². The van der Waals surface area contributed by atoms with E-state index in [9.17, 15) is 4.79 Å². The molecule has 0 aromatic heterocycles. The van der Waals surface area contributed by atoms with Crippen molar-refractivity contribution in [3.05, 3.63) is 28.7 Å². The monoisotopic (exact) mass is 331 g/mol. The van der Waals surface area contributed by atoms with Crippen LogP contribution in [-0.4, -0.2) is 41.4 Å². The summed E-state index contributed by atoms with van der Waals surface area (Å²) in [6, 6.07) is 7.89. The molecular weight excluding hydrogens is 314 g/mol. The number of aliphatic hydroxyl groups is 1. The molecule has 0 aliphatic rings. The first-order valence-corrected chi connectivity index (χ1v) is 7.72. The third-order valence-corrected chi connectivity index (χ3v) is 3.92. The normalized spacial score (nSPS) is 10.4. The van der Waals surface area contributed by atoms with Crippen LogP contribution < -0.4 is 0 Å². The number of amides is 1. The molecule has 0 aliphatic carbocycles. The highest BCUT2D eigenvalue weighted by atomic mass is 79.9. The van der Waals surface area contributed by atoms with Crippen LogP contribution in [0.3, 0.4) is 0 Å². The first-order valence-electron chi connectivity index (χ1n) is 5.94. The van der Waals surface area contributed by atoms with Crippen LogP contribution in [0.15, 0.2) is 33.6 Å². The second-order valence-electron chi connectivity index (χ2n) is 3.85. The molecule has 1 amide bonds. The van der Waals surface area contributed by atoms with E-state index in [1.807, 2.05) is 31.2 Å². The van der Waals surface area contributed by atoms with Crippen LogP contribution >= 0.6 is 27.7 Å². The number of carbonyl (C=O) groups excluding carboxylic acids is 1. The number of hydrogen-bond acceptors (Lipinski definition) is 3. The molecule has 0 bridgehead atoms. The Labute approximate surface area is 121 Å². The van der Waals surface area contributed by atoms with Crippen LogP contribution in [0.25, 0.3) is 0 Å². The lowest BCUT2D eigenvalue weighted by Crippen LogP contribution is -2.35. The average Bonchev–Trinajstić information content (AvgIpc) is 2.37. The molecule has 0 fully saturated rings. The zero-order chi connectivity index (χ0) is 13.4. The number of thioether (sulfide) groups is 1. The Balaban J connectivity index is 2.45. The smallest absolute Gasteiger partial charge is 0.233 e. The summed E-state index contributed by atoms with van der Waals surface area (Å²) < 4.78 is 1.03. The zero-order valence-corrected chi connectivity index (χ0v) is 12.8. The van der Waals surface area contributed by atoms with Gasteiger partial charge < -0.3 is 10.0 Å². The summed E-state index contributed by atoms with van der Waals surface area (Å²) in [5.41, 5.74) is 0. The van der Waals surface area contributed by atoms with E-state index in [2.05, 4.69) is 15.9 Å². The van der Waals surface area contributed by atoms with Crippen LogP contribution in [0, 0.1) is 0 Å². The zero-order valence-electron chi connectivity index (χ0n) is 10.4. The van der Waals surface area contributed by atoms with Gasteiger partial charge in [0.15, 0.2) is 0 Å². The van der Waals surface area contributed by atoms with Gasteiger partial charge in [-0.3, -0.25) is 4.79 Å². The lowest BCUT2D eigenvalue weighted by molar-refractivity contribution is -0.128. The summed E-state index contributed by atoms with van der Waals surface area (Å²) in [4.78, 5) is 14.7. The molecule has 0 aliphatic heterocycles. The number of rotatable bonds is 7. The summed E-state index contributed by atoms with van der Waals surface area (Å²) in [6.07, 6.45) is 0.911. The minimum absolute atomic E-state index is 0.0225. The van der Waals surface area contributed by atoms with Gasteiger partial charge in [-0.1, -0.05) is 22.9 Å². The Hall–Kier alpha value is -0.520. The second-order valence-corrected chi connectivity index (χ2v) is 5.81. The van der Waals surface area contributed by atoms with Crippen LogP contribution in [0.4, 0.5) is 0 Å². The van der Waals surface area contributed by atoms with Crippen molar-refractivity contribution in [2.75, 3.05) is 25.4 Å². The quantitative estimate of drug-likeness (QED) is 0.781. The summed E-state index contributed by atoms with van der Waals surface area (Å²) in [5.74, 6) is 0.501. The van der Waals surface area contributed by atoms with Crippen LogP contribution in [-0.2, 0) is 4.79 Å². The van der Waals surface area contributed by atoms with Gasteiger partial charge in [-0.25, -0.2) is 0 Å². The van der Waals surface area contributed by atoms with Crippen LogP contribution in [0.5, 0.6) is 0 Å². The Bertz CT molecular complexity index is 364. The molecule has 100 valence electrons. The molecule has 3 nitrogen and oxygen atoms in total. The van der Waals surface area contributed by atoms with E-state index >= 15 is 0 Å². The van der Waals surface area contributed by atoms with Crippen molar-refractivity contribution in [2.45, 2.75) is 18.2 Å². The average molecular weight is 332 g/mol.